The van der Waals surface area contributed by atoms with E-state index in [4.69, 9.17) is 11.6 Å². The zero-order valence-electron chi connectivity index (χ0n) is 17.6. The van der Waals surface area contributed by atoms with Crippen molar-refractivity contribution in [3.63, 3.8) is 0 Å². The average molecular weight is 421 g/mol. The maximum Gasteiger partial charge on any atom is 0.236 e. The fraction of sp³-hybridized carbons (Fsp3) is 0.636. The first-order valence-corrected chi connectivity index (χ1v) is 11.0. The van der Waals surface area contributed by atoms with Crippen LogP contribution in [0.1, 0.15) is 25.8 Å². The van der Waals surface area contributed by atoms with Crippen LogP contribution >= 0.6 is 11.6 Å². The predicted octanol–water partition coefficient (Wildman–Crippen LogP) is 2.08. The second-order valence-corrected chi connectivity index (χ2v) is 9.07. The van der Waals surface area contributed by atoms with Crippen LogP contribution in [0.5, 0.6) is 0 Å². The van der Waals surface area contributed by atoms with Crippen molar-refractivity contribution in [1.82, 2.24) is 20.0 Å². The fourth-order valence-corrected chi connectivity index (χ4v) is 4.56. The molecule has 2 atom stereocenters. The van der Waals surface area contributed by atoms with E-state index in [9.17, 15) is 9.59 Å². The van der Waals surface area contributed by atoms with Crippen molar-refractivity contribution < 1.29 is 9.59 Å². The molecule has 0 aliphatic carbocycles. The lowest BCUT2D eigenvalue weighted by molar-refractivity contribution is -0.135. The molecule has 0 aromatic heterocycles. The summed E-state index contributed by atoms with van der Waals surface area (Å²) in [5, 5.41) is 3.61. The van der Waals surface area contributed by atoms with Gasteiger partial charge in [-0.25, -0.2) is 0 Å². The largest absolute Gasteiger partial charge is 0.351 e. The van der Waals surface area contributed by atoms with Crippen LogP contribution in [0.2, 0.25) is 5.02 Å². The van der Waals surface area contributed by atoms with Gasteiger partial charge >= 0.3 is 0 Å². The number of amides is 2. The summed E-state index contributed by atoms with van der Waals surface area (Å²) < 4.78 is 0. The molecule has 2 saturated heterocycles. The van der Waals surface area contributed by atoms with Gasteiger partial charge in [-0.2, -0.15) is 0 Å². The van der Waals surface area contributed by atoms with Crippen molar-refractivity contribution in [2.45, 2.75) is 26.8 Å². The number of benzene rings is 1. The van der Waals surface area contributed by atoms with E-state index in [-0.39, 0.29) is 11.8 Å². The van der Waals surface area contributed by atoms with Crippen LogP contribution in [0.4, 0.5) is 0 Å². The average Bonchev–Trinajstić information content (AvgIpc) is 2.68. The SMILES string of the molecule is C[C@H]1C[C@H](C)CN(C(=O)CN2CCN(CC(=O)NCc3ccccc3Cl)CC2)C1. The van der Waals surface area contributed by atoms with Crippen molar-refractivity contribution in [3.8, 4) is 0 Å². The van der Waals surface area contributed by atoms with Crippen molar-refractivity contribution in [1.29, 1.82) is 0 Å². The van der Waals surface area contributed by atoms with E-state index in [1.807, 2.05) is 29.2 Å². The van der Waals surface area contributed by atoms with Crippen LogP contribution in [-0.4, -0.2) is 78.9 Å². The third kappa shape index (κ3) is 6.69. The maximum atomic E-state index is 12.7. The molecule has 2 amide bonds. The Morgan fingerprint density at radius 3 is 2.21 bits per heavy atom. The minimum absolute atomic E-state index is 0.00531. The zero-order chi connectivity index (χ0) is 20.8. The summed E-state index contributed by atoms with van der Waals surface area (Å²) in [7, 11) is 0. The highest BCUT2D eigenvalue weighted by molar-refractivity contribution is 6.31. The quantitative estimate of drug-likeness (QED) is 0.765. The number of piperazine rings is 1. The number of carbonyl (C=O) groups excluding carboxylic acids is 2. The number of rotatable bonds is 6. The molecule has 0 saturated carbocycles. The Morgan fingerprint density at radius 1 is 1.00 bits per heavy atom. The lowest BCUT2D eigenvalue weighted by atomic mass is 9.92. The Hall–Kier alpha value is -1.63. The van der Waals surface area contributed by atoms with Gasteiger partial charge in [0.25, 0.3) is 0 Å². The molecule has 0 unspecified atom stereocenters. The Kier molecular flexibility index (Phi) is 7.92. The van der Waals surface area contributed by atoms with Gasteiger partial charge in [-0.15, -0.1) is 0 Å². The monoisotopic (exact) mass is 420 g/mol. The topological polar surface area (TPSA) is 55.9 Å². The van der Waals surface area contributed by atoms with Gasteiger partial charge in [0.1, 0.15) is 0 Å². The number of hydrogen-bond acceptors (Lipinski definition) is 4. The smallest absolute Gasteiger partial charge is 0.236 e. The standard InChI is InChI=1S/C22H33ClN4O2/c1-17-11-18(2)14-27(13-17)22(29)16-26-9-7-25(8-10-26)15-21(28)24-12-19-5-3-4-6-20(19)23/h3-6,17-18H,7-16H2,1-2H3,(H,24,28)/t17-,18-/m0/s1. The number of nitrogens with one attached hydrogen (secondary N) is 1. The first-order valence-electron chi connectivity index (χ1n) is 10.6. The van der Waals surface area contributed by atoms with Crippen LogP contribution in [0.3, 0.4) is 0 Å². The number of hydrogen-bond donors (Lipinski definition) is 1. The Bertz CT molecular complexity index is 696. The second kappa shape index (κ2) is 10.4. The molecule has 7 heteroatoms. The van der Waals surface area contributed by atoms with Crippen molar-refractivity contribution in [2.24, 2.45) is 11.8 Å². The van der Waals surface area contributed by atoms with Gasteiger partial charge in [-0.3, -0.25) is 19.4 Å². The van der Waals surface area contributed by atoms with Crippen LogP contribution in [0, 0.1) is 11.8 Å². The molecule has 29 heavy (non-hydrogen) atoms. The Balaban J connectivity index is 1.36. The summed E-state index contributed by atoms with van der Waals surface area (Å²) in [5.74, 6) is 1.42. The third-order valence-electron chi connectivity index (χ3n) is 5.85. The van der Waals surface area contributed by atoms with E-state index in [1.54, 1.807) is 0 Å². The number of piperidine rings is 1. The maximum absolute atomic E-state index is 12.7. The summed E-state index contributed by atoms with van der Waals surface area (Å²) in [5.41, 5.74) is 0.923. The first kappa shape index (κ1) is 22.1. The van der Waals surface area contributed by atoms with Gasteiger partial charge in [-0.05, 0) is 29.9 Å². The van der Waals surface area contributed by atoms with E-state index in [1.165, 1.54) is 6.42 Å². The second-order valence-electron chi connectivity index (χ2n) is 8.67. The molecule has 1 aromatic rings. The molecule has 1 N–H and O–H groups in total. The molecule has 0 bridgehead atoms. The molecule has 0 spiro atoms. The van der Waals surface area contributed by atoms with E-state index in [2.05, 4.69) is 29.0 Å². The molecule has 1 aromatic carbocycles. The molecular formula is C22H33ClN4O2. The highest BCUT2D eigenvalue weighted by atomic mass is 35.5. The van der Waals surface area contributed by atoms with Crippen LogP contribution < -0.4 is 5.32 Å². The lowest BCUT2D eigenvalue weighted by Crippen LogP contribution is -2.53. The highest BCUT2D eigenvalue weighted by Gasteiger charge is 2.27. The molecule has 2 aliphatic heterocycles. The number of halogens is 1. The van der Waals surface area contributed by atoms with Crippen LogP contribution in [0.15, 0.2) is 24.3 Å². The van der Waals surface area contributed by atoms with E-state index in [0.29, 0.717) is 36.5 Å². The molecule has 2 heterocycles. The summed E-state index contributed by atoms with van der Waals surface area (Å²) in [6.45, 7) is 10.8. The van der Waals surface area contributed by atoms with E-state index in [0.717, 1.165) is 44.8 Å². The van der Waals surface area contributed by atoms with E-state index >= 15 is 0 Å². The van der Waals surface area contributed by atoms with Gasteiger partial charge in [0.15, 0.2) is 0 Å². The molecular weight excluding hydrogens is 388 g/mol. The first-order chi connectivity index (χ1) is 13.9. The van der Waals surface area contributed by atoms with Crippen molar-refractivity contribution in [2.75, 3.05) is 52.4 Å². The van der Waals surface area contributed by atoms with Crippen LogP contribution in [-0.2, 0) is 16.1 Å². The van der Waals surface area contributed by atoms with Gasteiger partial charge < -0.3 is 10.2 Å². The molecule has 3 rings (SSSR count). The minimum Gasteiger partial charge on any atom is -0.351 e. The summed E-state index contributed by atoms with van der Waals surface area (Å²) in [6, 6.07) is 7.54. The van der Waals surface area contributed by atoms with Gasteiger partial charge in [-0.1, -0.05) is 43.6 Å². The van der Waals surface area contributed by atoms with Crippen molar-refractivity contribution >= 4 is 23.4 Å². The summed E-state index contributed by atoms with van der Waals surface area (Å²) >= 11 is 6.13. The Labute approximate surface area is 179 Å². The highest BCUT2D eigenvalue weighted by Crippen LogP contribution is 2.21. The molecule has 160 valence electrons. The molecule has 2 aliphatic rings. The fourth-order valence-electron chi connectivity index (χ4n) is 4.36. The Morgan fingerprint density at radius 2 is 1.59 bits per heavy atom. The summed E-state index contributed by atoms with van der Waals surface area (Å²) in [6.07, 6.45) is 1.21. The third-order valence-corrected chi connectivity index (χ3v) is 6.22. The molecule has 2 fully saturated rings. The minimum atomic E-state index is 0.00531. The normalized spacial score (nSPS) is 23.8. The van der Waals surface area contributed by atoms with Crippen molar-refractivity contribution in [3.05, 3.63) is 34.9 Å². The van der Waals surface area contributed by atoms with Gasteiger partial charge in [0.2, 0.25) is 11.8 Å². The molecule has 6 nitrogen and oxygen atoms in total. The number of likely N-dealkylation sites (tertiary alicyclic amines) is 1. The van der Waals surface area contributed by atoms with E-state index < -0.39 is 0 Å². The predicted molar refractivity (Wildman–Crippen MR) is 116 cm³/mol. The zero-order valence-corrected chi connectivity index (χ0v) is 18.3. The van der Waals surface area contributed by atoms with Crippen LogP contribution in [0.25, 0.3) is 0 Å². The summed E-state index contributed by atoms with van der Waals surface area (Å²) in [4.78, 5) is 31.3. The van der Waals surface area contributed by atoms with Gasteiger partial charge in [0.05, 0.1) is 13.1 Å². The number of carbonyl (C=O) groups is 2. The lowest BCUT2D eigenvalue weighted by Gasteiger charge is -2.38. The molecule has 0 radical (unpaired) electrons. The number of nitrogens with zero attached hydrogens (tertiary/aromatic N) is 3. The van der Waals surface area contributed by atoms with Gasteiger partial charge in [0, 0.05) is 50.8 Å².